The van der Waals surface area contributed by atoms with Crippen LogP contribution in [-0.4, -0.2) is 11.9 Å². The van der Waals surface area contributed by atoms with Gasteiger partial charge in [0.2, 0.25) is 0 Å². The second-order valence-corrected chi connectivity index (χ2v) is 4.89. The summed E-state index contributed by atoms with van der Waals surface area (Å²) in [5.41, 5.74) is 0. The quantitative estimate of drug-likeness (QED) is 0.321. The Kier molecular flexibility index (Phi) is 1.00. The predicted octanol–water partition coefficient (Wildman–Crippen LogP) is 0.754. The van der Waals surface area contributed by atoms with Gasteiger partial charge in [0.25, 0.3) is 0 Å². The zero-order chi connectivity index (χ0) is 9.45. The second kappa shape index (κ2) is 1.95. The van der Waals surface area contributed by atoms with Crippen molar-refractivity contribution in [3.05, 3.63) is 12.2 Å². The number of allylic oxidation sites excluding steroid dienone is 2. The van der Waals surface area contributed by atoms with Gasteiger partial charge >= 0.3 is 11.9 Å². The highest BCUT2D eigenvalue weighted by Crippen LogP contribution is 2.65. The summed E-state index contributed by atoms with van der Waals surface area (Å²) in [7, 11) is 0. The maximum Gasteiger partial charge on any atom is 0.318 e. The SMILES string of the molecule is O=C1OC(=O)[C@@H]2[C@H]3C=C[C@@H]([C@H]4C[C@H]34)[C@@H]12. The molecule has 3 nitrogen and oxygen atoms in total. The fourth-order valence-corrected chi connectivity index (χ4v) is 3.76. The third kappa shape index (κ3) is 0.606. The molecule has 3 fully saturated rings. The molecule has 4 aliphatic carbocycles. The lowest BCUT2D eigenvalue weighted by Gasteiger charge is -2.36. The lowest BCUT2D eigenvalue weighted by molar-refractivity contribution is -0.154. The highest BCUT2D eigenvalue weighted by atomic mass is 16.6. The molecule has 5 rings (SSSR count). The van der Waals surface area contributed by atoms with Gasteiger partial charge in [-0.2, -0.15) is 0 Å². The van der Waals surface area contributed by atoms with Crippen LogP contribution in [0.2, 0.25) is 0 Å². The zero-order valence-electron chi connectivity index (χ0n) is 7.55. The molecule has 0 unspecified atom stereocenters. The Morgan fingerprint density at radius 3 is 2.00 bits per heavy atom. The Bertz CT molecular complexity index is 350. The van der Waals surface area contributed by atoms with Gasteiger partial charge < -0.3 is 4.74 Å². The van der Waals surface area contributed by atoms with E-state index in [1.54, 1.807) is 0 Å². The van der Waals surface area contributed by atoms with Gasteiger partial charge in [-0.05, 0) is 30.1 Å². The smallest absolute Gasteiger partial charge is 0.318 e. The standard InChI is InChI=1S/C11H10O3/c12-10-8-4-1-2-5(7-3-6(4)7)9(8)11(13)14-10/h1-2,4-9H,3H2/t4-,5-,6+,7+,8+,9+/m0/s1. The topological polar surface area (TPSA) is 43.4 Å². The van der Waals surface area contributed by atoms with Crippen LogP contribution in [0.4, 0.5) is 0 Å². The Morgan fingerprint density at radius 2 is 1.50 bits per heavy atom. The van der Waals surface area contributed by atoms with Crippen molar-refractivity contribution in [2.24, 2.45) is 35.5 Å². The van der Waals surface area contributed by atoms with Crippen LogP contribution in [0.15, 0.2) is 12.2 Å². The van der Waals surface area contributed by atoms with Crippen LogP contribution in [-0.2, 0) is 14.3 Å². The molecule has 6 atom stereocenters. The number of rotatable bonds is 0. The van der Waals surface area contributed by atoms with Crippen LogP contribution in [0.25, 0.3) is 0 Å². The Balaban J connectivity index is 1.88. The summed E-state index contributed by atoms with van der Waals surface area (Å²) in [5, 5.41) is 0. The van der Waals surface area contributed by atoms with Crippen molar-refractivity contribution in [2.45, 2.75) is 6.42 Å². The van der Waals surface area contributed by atoms with E-state index < -0.39 is 0 Å². The van der Waals surface area contributed by atoms with Gasteiger partial charge in [0.1, 0.15) is 0 Å². The van der Waals surface area contributed by atoms with E-state index in [0.717, 1.165) is 0 Å². The largest absolute Gasteiger partial charge is 0.393 e. The number of ether oxygens (including phenoxy) is 1. The molecule has 2 bridgehead atoms. The minimum Gasteiger partial charge on any atom is -0.393 e. The molecule has 1 saturated heterocycles. The average molecular weight is 190 g/mol. The van der Waals surface area contributed by atoms with Crippen LogP contribution in [0, 0.1) is 35.5 Å². The molecule has 3 heteroatoms. The molecule has 72 valence electrons. The first-order valence-electron chi connectivity index (χ1n) is 5.21. The molecular formula is C11H10O3. The molecule has 0 aromatic carbocycles. The van der Waals surface area contributed by atoms with Crippen LogP contribution >= 0.6 is 0 Å². The summed E-state index contributed by atoms with van der Waals surface area (Å²) in [5.74, 6) is 1.12. The third-order valence-corrected chi connectivity index (χ3v) is 4.40. The van der Waals surface area contributed by atoms with E-state index in [-0.39, 0.29) is 23.8 Å². The van der Waals surface area contributed by atoms with E-state index in [2.05, 4.69) is 12.2 Å². The van der Waals surface area contributed by atoms with Crippen LogP contribution < -0.4 is 0 Å². The van der Waals surface area contributed by atoms with Crippen LogP contribution in [0.5, 0.6) is 0 Å². The zero-order valence-corrected chi connectivity index (χ0v) is 7.55. The third-order valence-electron chi connectivity index (χ3n) is 4.40. The molecule has 0 aromatic heterocycles. The number of carbonyl (C=O) groups excluding carboxylic acids is 2. The summed E-state index contributed by atoms with van der Waals surface area (Å²) < 4.78 is 4.74. The van der Waals surface area contributed by atoms with E-state index in [0.29, 0.717) is 23.7 Å². The number of esters is 2. The van der Waals surface area contributed by atoms with E-state index in [4.69, 9.17) is 4.74 Å². The van der Waals surface area contributed by atoms with E-state index >= 15 is 0 Å². The lowest BCUT2D eigenvalue weighted by atomic mass is 9.63. The molecule has 14 heavy (non-hydrogen) atoms. The van der Waals surface area contributed by atoms with E-state index in [1.165, 1.54) is 6.42 Å². The normalized spacial score (nSPS) is 56.9. The van der Waals surface area contributed by atoms with Crippen molar-refractivity contribution in [1.82, 2.24) is 0 Å². The second-order valence-electron chi connectivity index (χ2n) is 4.89. The van der Waals surface area contributed by atoms with Crippen molar-refractivity contribution in [2.75, 3.05) is 0 Å². The lowest BCUT2D eigenvalue weighted by Crippen LogP contribution is -2.40. The molecule has 1 heterocycles. The maximum absolute atomic E-state index is 11.5. The monoisotopic (exact) mass is 190 g/mol. The van der Waals surface area contributed by atoms with E-state index in [1.807, 2.05) is 0 Å². The number of hydrogen-bond acceptors (Lipinski definition) is 3. The number of cyclic esters (lactones) is 2. The summed E-state index contributed by atoms with van der Waals surface area (Å²) in [6, 6.07) is 0. The fraction of sp³-hybridized carbons (Fsp3) is 0.636. The van der Waals surface area contributed by atoms with Crippen molar-refractivity contribution < 1.29 is 14.3 Å². The van der Waals surface area contributed by atoms with Crippen LogP contribution in [0.1, 0.15) is 6.42 Å². The Labute approximate surface area is 81.1 Å². The summed E-state index contributed by atoms with van der Waals surface area (Å²) in [6.45, 7) is 0. The van der Waals surface area contributed by atoms with Crippen LogP contribution in [0.3, 0.4) is 0 Å². The maximum atomic E-state index is 11.5. The van der Waals surface area contributed by atoms with Gasteiger partial charge in [-0.1, -0.05) is 12.2 Å². The molecule has 0 N–H and O–H groups in total. The first-order valence-corrected chi connectivity index (χ1v) is 5.21. The molecule has 2 saturated carbocycles. The summed E-state index contributed by atoms with van der Waals surface area (Å²) >= 11 is 0. The molecule has 0 radical (unpaired) electrons. The molecule has 1 aliphatic heterocycles. The van der Waals surface area contributed by atoms with Gasteiger partial charge in [0, 0.05) is 0 Å². The average Bonchev–Trinajstić information content (AvgIpc) is 2.92. The number of carbonyl (C=O) groups is 2. The van der Waals surface area contributed by atoms with Crippen molar-refractivity contribution >= 4 is 11.9 Å². The van der Waals surface area contributed by atoms with Gasteiger partial charge in [0.15, 0.2) is 0 Å². The van der Waals surface area contributed by atoms with Gasteiger partial charge in [-0.3, -0.25) is 9.59 Å². The Morgan fingerprint density at radius 1 is 1.00 bits per heavy atom. The van der Waals surface area contributed by atoms with Crippen molar-refractivity contribution in [3.8, 4) is 0 Å². The predicted molar refractivity (Wildman–Crippen MR) is 45.8 cm³/mol. The van der Waals surface area contributed by atoms with Gasteiger partial charge in [-0.15, -0.1) is 0 Å². The summed E-state index contributed by atoms with van der Waals surface area (Å²) in [4.78, 5) is 23.0. The van der Waals surface area contributed by atoms with E-state index in [9.17, 15) is 9.59 Å². The molecular weight excluding hydrogens is 180 g/mol. The molecule has 0 amide bonds. The first kappa shape index (κ1) is 7.21. The van der Waals surface area contributed by atoms with Crippen molar-refractivity contribution in [1.29, 1.82) is 0 Å². The highest BCUT2D eigenvalue weighted by Gasteiger charge is 2.66. The molecule has 0 aromatic rings. The molecule has 5 aliphatic rings. The van der Waals surface area contributed by atoms with Gasteiger partial charge in [-0.25, -0.2) is 0 Å². The minimum absolute atomic E-state index is 0.138. The van der Waals surface area contributed by atoms with Crippen molar-refractivity contribution in [3.63, 3.8) is 0 Å². The fourth-order valence-electron chi connectivity index (χ4n) is 3.76. The van der Waals surface area contributed by atoms with Gasteiger partial charge in [0.05, 0.1) is 11.8 Å². The first-order chi connectivity index (χ1) is 6.77. The molecule has 0 spiro atoms. The Hall–Kier alpha value is -1.12. The summed E-state index contributed by atoms with van der Waals surface area (Å²) in [6.07, 6.45) is 5.48. The minimum atomic E-state index is -0.273. The highest BCUT2D eigenvalue weighted by molar-refractivity contribution is 5.97. The number of hydrogen-bond donors (Lipinski definition) is 0.